The van der Waals surface area contributed by atoms with Crippen molar-refractivity contribution in [3.63, 3.8) is 0 Å². The number of nitrogens with one attached hydrogen (secondary N) is 1. The number of benzene rings is 3. The number of methoxy groups -OCH3 is 1. The van der Waals surface area contributed by atoms with Crippen molar-refractivity contribution in [3.05, 3.63) is 115 Å². The largest absolute Gasteiger partial charge is 0.497 e. The lowest BCUT2D eigenvalue weighted by molar-refractivity contribution is -0.113. The molecule has 3 aromatic carbocycles. The number of amides is 1. The molecule has 8 nitrogen and oxygen atoms in total. The van der Waals surface area contributed by atoms with Crippen LogP contribution in [0, 0.1) is 0 Å². The number of hydrogen-bond acceptors (Lipinski definition) is 7. The van der Waals surface area contributed by atoms with Gasteiger partial charge in [-0.1, -0.05) is 47.7 Å². The van der Waals surface area contributed by atoms with Crippen LogP contribution in [0.3, 0.4) is 0 Å². The number of carbonyl (C=O) groups excluding carboxylic acids is 1. The third-order valence-electron chi connectivity index (χ3n) is 6.59. The van der Waals surface area contributed by atoms with E-state index in [4.69, 9.17) is 19.2 Å². The van der Waals surface area contributed by atoms with Crippen LogP contribution >= 0.6 is 11.3 Å². The molecule has 4 aromatic rings. The van der Waals surface area contributed by atoms with E-state index in [1.54, 1.807) is 18.6 Å². The average Bonchev–Trinajstić information content (AvgIpc) is 3.26. The molecule has 2 aliphatic heterocycles. The van der Waals surface area contributed by atoms with Crippen LogP contribution in [-0.4, -0.2) is 30.8 Å². The second kappa shape index (κ2) is 10.3. The van der Waals surface area contributed by atoms with Gasteiger partial charge >= 0.3 is 0 Å². The van der Waals surface area contributed by atoms with Crippen LogP contribution in [0.5, 0.6) is 17.2 Å². The Bertz CT molecular complexity index is 1770. The molecule has 1 N–H and O–H groups in total. The van der Waals surface area contributed by atoms with E-state index in [2.05, 4.69) is 5.32 Å². The first kappa shape index (κ1) is 24.7. The lowest BCUT2D eigenvalue weighted by Gasteiger charge is -2.25. The number of para-hydroxylation sites is 1. The first-order chi connectivity index (χ1) is 19.0. The summed E-state index contributed by atoms with van der Waals surface area (Å²) in [5, 5.41) is 2.96. The van der Waals surface area contributed by atoms with Gasteiger partial charge in [0.1, 0.15) is 19.0 Å². The molecule has 1 amide bonds. The molecule has 0 bridgehead atoms. The van der Waals surface area contributed by atoms with Gasteiger partial charge in [-0.25, -0.2) is 4.99 Å². The molecule has 0 unspecified atom stereocenters. The Labute approximate surface area is 228 Å². The van der Waals surface area contributed by atoms with Crippen LogP contribution in [0.2, 0.25) is 0 Å². The molecule has 6 rings (SSSR count). The summed E-state index contributed by atoms with van der Waals surface area (Å²) in [7, 11) is 1.60. The molecule has 9 heteroatoms. The normalized spacial score (nSPS) is 16.4. The summed E-state index contributed by atoms with van der Waals surface area (Å²) in [5.41, 5.74) is 2.97. The van der Waals surface area contributed by atoms with E-state index in [1.165, 1.54) is 11.3 Å². The Kier molecular flexibility index (Phi) is 6.50. The summed E-state index contributed by atoms with van der Waals surface area (Å²) in [6.45, 7) is 2.79. The fraction of sp³-hybridized carbons (Fsp3) is 0.167. The molecule has 39 heavy (non-hydrogen) atoms. The van der Waals surface area contributed by atoms with Crippen LogP contribution in [0.4, 0.5) is 5.69 Å². The van der Waals surface area contributed by atoms with Gasteiger partial charge in [0.2, 0.25) is 0 Å². The van der Waals surface area contributed by atoms with E-state index in [1.807, 2.05) is 78.9 Å². The highest BCUT2D eigenvalue weighted by Gasteiger charge is 2.32. The fourth-order valence-electron chi connectivity index (χ4n) is 4.73. The number of fused-ring (bicyclic) bond motifs is 2. The van der Waals surface area contributed by atoms with E-state index in [9.17, 15) is 9.59 Å². The van der Waals surface area contributed by atoms with Gasteiger partial charge in [0.15, 0.2) is 16.3 Å². The van der Waals surface area contributed by atoms with Gasteiger partial charge in [-0.15, -0.1) is 0 Å². The van der Waals surface area contributed by atoms with E-state index < -0.39 is 6.04 Å². The van der Waals surface area contributed by atoms with E-state index in [0.29, 0.717) is 56.8 Å². The highest BCUT2D eigenvalue weighted by molar-refractivity contribution is 7.07. The Morgan fingerprint density at radius 3 is 2.54 bits per heavy atom. The minimum absolute atomic E-state index is 0.230. The zero-order valence-electron chi connectivity index (χ0n) is 21.3. The zero-order chi connectivity index (χ0) is 26.9. The van der Waals surface area contributed by atoms with Gasteiger partial charge < -0.3 is 19.5 Å². The predicted octanol–water partition coefficient (Wildman–Crippen LogP) is 3.65. The molecule has 0 radical (unpaired) electrons. The van der Waals surface area contributed by atoms with Crippen LogP contribution in [0.15, 0.2) is 93.9 Å². The number of anilines is 1. The first-order valence-corrected chi connectivity index (χ1v) is 13.3. The molecule has 1 atom stereocenters. The fourth-order valence-corrected chi connectivity index (χ4v) is 5.78. The summed E-state index contributed by atoms with van der Waals surface area (Å²) < 4.78 is 18.8. The standard InChI is InChI=1S/C30H25N3O5S/c1-18-26(28(34)32-21-6-4-3-5-7-21)27(20-9-11-22(36-2)12-10-20)33-29(35)25(39-30(33)31-18)17-19-8-13-23-24(16-19)38-15-14-37-23/h3-13,16-17,27H,14-15H2,1-2H3,(H,32,34)/b25-17+/t27-/m1/s1. The van der Waals surface area contributed by atoms with Gasteiger partial charge in [0.25, 0.3) is 11.5 Å². The number of carbonyl (C=O) groups is 1. The molecular weight excluding hydrogens is 514 g/mol. The van der Waals surface area contributed by atoms with Gasteiger partial charge in [0.05, 0.1) is 29.0 Å². The Balaban J connectivity index is 1.48. The maximum absolute atomic E-state index is 13.9. The lowest BCUT2D eigenvalue weighted by Crippen LogP contribution is -2.40. The number of allylic oxidation sites excluding steroid dienone is 1. The van der Waals surface area contributed by atoms with E-state index >= 15 is 0 Å². The third-order valence-corrected chi connectivity index (χ3v) is 7.58. The summed E-state index contributed by atoms with van der Waals surface area (Å²) in [4.78, 5) is 32.8. The number of aromatic nitrogens is 1. The smallest absolute Gasteiger partial charge is 0.271 e. The molecule has 0 saturated heterocycles. The summed E-state index contributed by atoms with van der Waals surface area (Å²) in [6, 6.07) is 21.5. The van der Waals surface area contributed by atoms with Crippen molar-refractivity contribution in [1.29, 1.82) is 0 Å². The van der Waals surface area contributed by atoms with Crippen molar-refractivity contribution < 1.29 is 19.0 Å². The average molecular weight is 540 g/mol. The second-order valence-corrected chi connectivity index (χ2v) is 10.1. The van der Waals surface area contributed by atoms with Crippen LogP contribution in [0.25, 0.3) is 6.08 Å². The maximum Gasteiger partial charge on any atom is 0.271 e. The van der Waals surface area contributed by atoms with Crippen LogP contribution in [0.1, 0.15) is 24.1 Å². The lowest BCUT2D eigenvalue weighted by atomic mass is 9.95. The molecule has 0 fully saturated rings. The quantitative estimate of drug-likeness (QED) is 0.418. The molecule has 2 aliphatic rings. The Morgan fingerprint density at radius 1 is 1.05 bits per heavy atom. The van der Waals surface area contributed by atoms with E-state index in [-0.39, 0.29) is 11.5 Å². The molecule has 196 valence electrons. The minimum Gasteiger partial charge on any atom is -0.497 e. The van der Waals surface area contributed by atoms with Crippen molar-refractivity contribution in [2.45, 2.75) is 13.0 Å². The molecular formula is C30H25N3O5S. The van der Waals surface area contributed by atoms with Crippen LogP contribution < -0.4 is 34.4 Å². The molecule has 0 aliphatic carbocycles. The summed E-state index contributed by atoms with van der Waals surface area (Å²) in [6.07, 6.45) is 1.82. The Hall–Kier alpha value is -4.63. The third kappa shape index (κ3) is 4.72. The minimum atomic E-state index is -0.668. The predicted molar refractivity (Wildman–Crippen MR) is 149 cm³/mol. The van der Waals surface area contributed by atoms with Crippen molar-refractivity contribution in [1.82, 2.24) is 4.57 Å². The number of ether oxygens (including phenoxy) is 3. The number of hydrogen-bond donors (Lipinski definition) is 1. The number of nitrogens with zero attached hydrogens (tertiary/aromatic N) is 2. The summed E-state index contributed by atoms with van der Waals surface area (Å²) in [5.74, 6) is 1.70. The van der Waals surface area contributed by atoms with Gasteiger partial charge in [-0.3, -0.25) is 14.2 Å². The SMILES string of the molecule is COc1ccc([C@@H]2C(C(=O)Nc3ccccc3)=C(C)N=c3s/c(=C/c4ccc5c(c4)OCCO5)c(=O)n32)cc1. The molecule has 1 aromatic heterocycles. The topological polar surface area (TPSA) is 91.2 Å². The van der Waals surface area contributed by atoms with Crippen molar-refractivity contribution in [2.75, 3.05) is 25.6 Å². The first-order valence-electron chi connectivity index (χ1n) is 12.4. The monoisotopic (exact) mass is 539 g/mol. The molecule has 3 heterocycles. The summed E-state index contributed by atoms with van der Waals surface area (Å²) >= 11 is 1.29. The molecule has 0 saturated carbocycles. The van der Waals surface area contributed by atoms with Gasteiger partial charge in [-0.05, 0) is 60.5 Å². The number of thiazole rings is 1. The second-order valence-electron chi connectivity index (χ2n) is 9.08. The molecule has 0 spiro atoms. The van der Waals surface area contributed by atoms with Gasteiger partial charge in [-0.2, -0.15) is 0 Å². The Morgan fingerprint density at radius 2 is 1.79 bits per heavy atom. The van der Waals surface area contributed by atoms with Crippen molar-refractivity contribution in [2.24, 2.45) is 4.99 Å². The number of rotatable bonds is 5. The highest BCUT2D eigenvalue weighted by atomic mass is 32.1. The highest BCUT2D eigenvalue weighted by Crippen LogP contribution is 2.32. The van der Waals surface area contributed by atoms with Crippen molar-refractivity contribution in [3.8, 4) is 17.2 Å². The zero-order valence-corrected chi connectivity index (χ0v) is 22.2. The van der Waals surface area contributed by atoms with Gasteiger partial charge in [0, 0.05) is 5.69 Å². The van der Waals surface area contributed by atoms with Crippen LogP contribution in [-0.2, 0) is 4.79 Å². The van der Waals surface area contributed by atoms with Crippen molar-refractivity contribution >= 4 is 29.0 Å². The maximum atomic E-state index is 13.9. The van der Waals surface area contributed by atoms with E-state index in [0.717, 1.165) is 11.1 Å².